The number of hydrogen-bond donors (Lipinski definition) is 4. The lowest BCUT2D eigenvalue weighted by molar-refractivity contribution is -0.187. The number of aliphatic hydroxyl groups is 3. The Hall–Kier alpha value is -1.24. The summed E-state index contributed by atoms with van der Waals surface area (Å²) in [5, 5.41) is 37.4. The van der Waals surface area contributed by atoms with Gasteiger partial charge >= 0.3 is 5.97 Å². The Kier molecular flexibility index (Phi) is 3.47. The van der Waals surface area contributed by atoms with Gasteiger partial charge in [0.1, 0.15) is 6.10 Å². The molecule has 0 aromatic heterocycles. The summed E-state index contributed by atoms with van der Waals surface area (Å²) in [6, 6.07) is 0. The van der Waals surface area contributed by atoms with Crippen molar-refractivity contribution in [2.45, 2.75) is 30.7 Å². The molecule has 1 fully saturated rings. The van der Waals surface area contributed by atoms with Crippen molar-refractivity contribution in [2.75, 3.05) is 0 Å². The van der Waals surface area contributed by atoms with Crippen molar-refractivity contribution in [1.82, 2.24) is 0 Å². The molecule has 1 aliphatic carbocycles. The Labute approximate surface area is 91.8 Å². The highest BCUT2D eigenvalue weighted by molar-refractivity contribution is 5.94. The first-order valence-corrected chi connectivity index (χ1v) is 4.81. The number of aliphatic hydroxyl groups excluding tert-OH is 2. The zero-order valence-corrected chi connectivity index (χ0v) is 8.54. The Bertz CT molecular complexity index is 325. The number of allylic oxidation sites excluding steroid dienone is 1. The van der Waals surface area contributed by atoms with Crippen LogP contribution in [-0.2, 0) is 9.59 Å². The quantitative estimate of drug-likeness (QED) is 0.447. The minimum absolute atomic E-state index is 0.0641. The first-order chi connectivity index (χ1) is 7.34. The molecule has 1 saturated carbocycles. The van der Waals surface area contributed by atoms with E-state index in [0.29, 0.717) is 0 Å². The maximum absolute atomic E-state index is 11.6. The molecule has 90 valence electrons. The van der Waals surface area contributed by atoms with E-state index in [1.807, 2.05) is 0 Å². The van der Waals surface area contributed by atoms with Crippen molar-refractivity contribution in [3.8, 4) is 0 Å². The van der Waals surface area contributed by atoms with Gasteiger partial charge in [0.25, 0.3) is 0 Å². The Balaban J connectivity index is 3.10. The summed E-state index contributed by atoms with van der Waals surface area (Å²) in [4.78, 5) is 22.5. The number of carbonyl (C=O) groups excluding carboxylic acids is 1. The molecule has 0 heterocycles. The number of Topliss-reactive ketones (excluding diaryl/α,β-unsaturated/α-hetero) is 1. The van der Waals surface area contributed by atoms with Crippen molar-refractivity contribution in [3.63, 3.8) is 0 Å². The SMILES string of the molecule is C=CC[C@H]1C(=O)[C@@H](O)C(O)C[C@]1(O)C(=O)O. The zero-order chi connectivity index (χ0) is 12.5. The smallest absolute Gasteiger partial charge is 0.336 e. The normalized spacial score (nSPS) is 39.4. The third-order valence-corrected chi connectivity index (χ3v) is 2.87. The maximum Gasteiger partial charge on any atom is 0.336 e. The summed E-state index contributed by atoms with van der Waals surface area (Å²) >= 11 is 0. The molecular formula is C10H14O6. The molecule has 4 atom stereocenters. The number of carboxylic acids is 1. The van der Waals surface area contributed by atoms with Gasteiger partial charge in [0, 0.05) is 6.42 Å². The van der Waals surface area contributed by atoms with Gasteiger partial charge in [0.2, 0.25) is 0 Å². The predicted octanol–water partition coefficient (Wildman–Crippen LogP) is -1.31. The van der Waals surface area contributed by atoms with Gasteiger partial charge in [-0.3, -0.25) is 4.79 Å². The second-order valence-corrected chi connectivity index (χ2v) is 3.93. The van der Waals surface area contributed by atoms with Crippen LogP contribution >= 0.6 is 0 Å². The molecule has 16 heavy (non-hydrogen) atoms. The molecule has 0 radical (unpaired) electrons. The monoisotopic (exact) mass is 230 g/mol. The molecular weight excluding hydrogens is 216 g/mol. The fraction of sp³-hybridized carbons (Fsp3) is 0.600. The van der Waals surface area contributed by atoms with E-state index >= 15 is 0 Å². The molecule has 4 N–H and O–H groups in total. The van der Waals surface area contributed by atoms with Crippen molar-refractivity contribution in [2.24, 2.45) is 5.92 Å². The molecule has 1 unspecified atom stereocenters. The number of carboxylic acid groups (broad SMARTS) is 1. The largest absolute Gasteiger partial charge is 0.479 e. The molecule has 0 saturated heterocycles. The Morgan fingerprint density at radius 2 is 2.12 bits per heavy atom. The minimum Gasteiger partial charge on any atom is -0.479 e. The number of rotatable bonds is 3. The first-order valence-electron chi connectivity index (χ1n) is 4.81. The van der Waals surface area contributed by atoms with Gasteiger partial charge < -0.3 is 20.4 Å². The van der Waals surface area contributed by atoms with Gasteiger partial charge in [0.15, 0.2) is 11.4 Å². The standard InChI is InChI=1S/C10H14O6/c1-2-3-5-7(12)8(13)6(11)4-10(5,16)9(14)15/h2,5-6,8,11,13,16H,1,3-4H2,(H,14,15)/t5-,6?,8-,10+/m0/s1. The lowest BCUT2D eigenvalue weighted by Crippen LogP contribution is -2.60. The second kappa shape index (κ2) is 4.32. The number of carbonyl (C=O) groups is 2. The van der Waals surface area contributed by atoms with Gasteiger partial charge in [-0.2, -0.15) is 0 Å². The van der Waals surface area contributed by atoms with E-state index < -0.39 is 41.9 Å². The van der Waals surface area contributed by atoms with Crippen LogP contribution in [0, 0.1) is 5.92 Å². The maximum atomic E-state index is 11.6. The Morgan fingerprint density at radius 1 is 1.56 bits per heavy atom. The summed E-state index contributed by atoms with van der Waals surface area (Å²) in [6.07, 6.45) is -2.56. The van der Waals surface area contributed by atoms with Crippen LogP contribution in [0.4, 0.5) is 0 Å². The van der Waals surface area contributed by atoms with E-state index in [9.17, 15) is 24.9 Å². The Morgan fingerprint density at radius 3 is 2.56 bits per heavy atom. The first kappa shape index (κ1) is 12.8. The third kappa shape index (κ3) is 1.87. The number of aliphatic carboxylic acids is 1. The van der Waals surface area contributed by atoms with Crippen LogP contribution in [0.25, 0.3) is 0 Å². The van der Waals surface area contributed by atoms with Gasteiger partial charge in [-0.15, -0.1) is 6.58 Å². The van der Waals surface area contributed by atoms with Gasteiger partial charge in [-0.25, -0.2) is 4.79 Å². The number of ketones is 1. The van der Waals surface area contributed by atoms with Gasteiger partial charge in [-0.1, -0.05) is 6.08 Å². The fourth-order valence-electron chi connectivity index (χ4n) is 1.92. The predicted molar refractivity (Wildman–Crippen MR) is 52.5 cm³/mol. The van der Waals surface area contributed by atoms with Crippen molar-refractivity contribution in [1.29, 1.82) is 0 Å². The van der Waals surface area contributed by atoms with E-state index in [4.69, 9.17) is 5.11 Å². The van der Waals surface area contributed by atoms with Crippen LogP contribution in [0.2, 0.25) is 0 Å². The minimum atomic E-state index is -2.34. The lowest BCUT2D eigenvalue weighted by atomic mass is 9.70. The molecule has 6 nitrogen and oxygen atoms in total. The molecule has 6 heteroatoms. The average Bonchev–Trinajstić information content (AvgIpc) is 2.21. The molecule has 0 bridgehead atoms. The van der Waals surface area contributed by atoms with E-state index in [-0.39, 0.29) is 6.42 Å². The molecule has 0 aromatic carbocycles. The van der Waals surface area contributed by atoms with Crippen LogP contribution in [0.3, 0.4) is 0 Å². The van der Waals surface area contributed by atoms with E-state index in [2.05, 4.69) is 6.58 Å². The fourth-order valence-corrected chi connectivity index (χ4v) is 1.92. The van der Waals surface area contributed by atoms with Crippen molar-refractivity contribution in [3.05, 3.63) is 12.7 Å². The van der Waals surface area contributed by atoms with E-state index in [0.717, 1.165) is 0 Å². The third-order valence-electron chi connectivity index (χ3n) is 2.87. The molecule has 0 amide bonds. The van der Waals surface area contributed by atoms with Crippen molar-refractivity contribution < 1.29 is 30.0 Å². The highest BCUT2D eigenvalue weighted by Crippen LogP contribution is 2.34. The molecule has 0 spiro atoms. The molecule has 1 aliphatic rings. The average molecular weight is 230 g/mol. The van der Waals surface area contributed by atoms with Crippen molar-refractivity contribution >= 4 is 11.8 Å². The van der Waals surface area contributed by atoms with Crippen LogP contribution in [0.1, 0.15) is 12.8 Å². The van der Waals surface area contributed by atoms with Crippen LogP contribution in [0.5, 0.6) is 0 Å². The van der Waals surface area contributed by atoms with Gasteiger partial charge in [-0.05, 0) is 6.42 Å². The molecule has 1 rings (SSSR count). The van der Waals surface area contributed by atoms with E-state index in [1.54, 1.807) is 0 Å². The highest BCUT2D eigenvalue weighted by atomic mass is 16.4. The summed E-state index contributed by atoms with van der Waals surface area (Å²) < 4.78 is 0. The molecule has 0 aliphatic heterocycles. The van der Waals surface area contributed by atoms with Crippen LogP contribution in [-0.4, -0.2) is 50.0 Å². The van der Waals surface area contributed by atoms with E-state index in [1.165, 1.54) is 6.08 Å². The summed E-state index contributed by atoms with van der Waals surface area (Å²) in [7, 11) is 0. The summed E-state index contributed by atoms with van der Waals surface area (Å²) in [6.45, 7) is 3.36. The summed E-state index contributed by atoms with van der Waals surface area (Å²) in [5.41, 5.74) is -2.34. The zero-order valence-electron chi connectivity index (χ0n) is 8.54. The molecule has 0 aromatic rings. The van der Waals surface area contributed by atoms with Gasteiger partial charge in [0.05, 0.1) is 12.0 Å². The summed E-state index contributed by atoms with van der Waals surface area (Å²) in [5.74, 6) is -3.73. The second-order valence-electron chi connectivity index (χ2n) is 3.93. The number of hydrogen-bond acceptors (Lipinski definition) is 5. The lowest BCUT2D eigenvalue weighted by Gasteiger charge is -2.39. The topological polar surface area (TPSA) is 115 Å². The van der Waals surface area contributed by atoms with Crippen LogP contribution in [0.15, 0.2) is 12.7 Å². The highest BCUT2D eigenvalue weighted by Gasteiger charge is 2.55. The van der Waals surface area contributed by atoms with Crippen LogP contribution < -0.4 is 0 Å².